The lowest BCUT2D eigenvalue weighted by molar-refractivity contribution is -0.154. The standard InChI is InChI=1S/C13H18N2O6/c1-5-21-11(18)8-6-7(10(17)15(3)9(6)16)13(2,14-8)12(19)20-4/h6-8,14H,5H2,1-4H3/t6-,7-,8+,13-/m0/s1. The molecule has 2 aliphatic rings. The Morgan fingerprint density at radius 1 is 1.33 bits per heavy atom. The summed E-state index contributed by atoms with van der Waals surface area (Å²) in [6, 6.07) is -1.04. The fraction of sp³-hybridized carbons (Fsp3) is 0.692. The number of hydrogen-bond donors (Lipinski definition) is 1. The first-order chi connectivity index (χ1) is 9.79. The molecule has 0 aromatic carbocycles. The molecule has 0 radical (unpaired) electrons. The van der Waals surface area contributed by atoms with Crippen molar-refractivity contribution in [1.29, 1.82) is 0 Å². The first kappa shape index (κ1) is 15.4. The third-order valence-corrected chi connectivity index (χ3v) is 4.16. The van der Waals surface area contributed by atoms with Crippen LogP contribution in [0.15, 0.2) is 0 Å². The number of methoxy groups -OCH3 is 1. The lowest BCUT2D eigenvalue weighted by Crippen LogP contribution is -2.56. The van der Waals surface area contributed by atoms with Crippen LogP contribution in [0.25, 0.3) is 0 Å². The number of amides is 2. The van der Waals surface area contributed by atoms with Crippen molar-refractivity contribution in [2.45, 2.75) is 25.4 Å². The second kappa shape index (κ2) is 5.10. The van der Waals surface area contributed by atoms with Crippen LogP contribution in [0.5, 0.6) is 0 Å². The second-order valence-electron chi connectivity index (χ2n) is 5.31. The van der Waals surface area contributed by atoms with Gasteiger partial charge in [-0.1, -0.05) is 0 Å². The molecular weight excluding hydrogens is 280 g/mol. The van der Waals surface area contributed by atoms with Gasteiger partial charge in [-0.3, -0.25) is 29.4 Å². The van der Waals surface area contributed by atoms with E-state index in [1.54, 1.807) is 6.92 Å². The zero-order valence-corrected chi connectivity index (χ0v) is 12.3. The Morgan fingerprint density at radius 3 is 2.48 bits per heavy atom. The molecule has 116 valence electrons. The van der Waals surface area contributed by atoms with Gasteiger partial charge in [-0.25, -0.2) is 0 Å². The number of fused-ring (bicyclic) bond motifs is 1. The van der Waals surface area contributed by atoms with Crippen LogP contribution in [0.1, 0.15) is 13.8 Å². The van der Waals surface area contributed by atoms with E-state index in [1.165, 1.54) is 21.1 Å². The summed E-state index contributed by atoms with van der Waals surface area (Å²) in [5, 5.41) is 2.77. The molecule has 2 rings (SSSR count). The van der Waals surface area contributed by atoms with Gasteiger partial charge in [-0.05, 0) is 13.8 Å². The van der Waals surface area contributed by atoms with Gasteiger partial charge in [0.2, 0.25) is 11.8 Å². The molecule has 0 aromatic rings. The summed E-state index contributed by atoms with van der Waals surface area (Å²) in [7, 11) is 2.52. The Balaban J connectivity index is 2.45. The molecule has 2 aliphatic heterocycles. The molecule has 0 aromatic heterocycles. The summed E-state index contributed by atoms with van der Waals surface area (Å²) in [5.41, 5.74) is -1.44. The fourth-order valence-corrected chi connectivity index (χ4v) is 3.12. The van der Waals surface area contributed by atoms with Crippen molar-refractivity contribution in [1.82, 2.24) is 10.2 Å². The molecule has 0 bridgehead atoms. The number of rotatable bonds is 3. The van der Waals surface area contributed by atoms with E-state index in [0.29, 0.717) is 0 Å². The number of carbonyl (C=O) groups is 4. The van der Waals surface area contributed by atoms with Crippen LogP contribution in [0, 0.1) is 11.8 Å². The van der Waals surface area contributed by atoms with Gasteiger partial charge in [-0.2, -0.15) is 0 Å². The van der Waals surface area contributed by atoms with Crippen molar-refractivity contribution in [3.05, 3.63) is 0 Å². The molecule has 0 saturated carbocycles. The molecule has 0 unspecified atom stereocenters. The summed E-state index contributed by atoms with van der Waals surface area (Å²) in [5.74, 6) is -4.28. The van der Waals surface area contributed by atoms with E-state index in [0.717, 1.165) is 4.90 Å². The van der Waals surface area contributed by atoms with Crippen LogP contribution in [0.4, 0.5) is 0 Å². The Hall–Kier alpha value is -1.96. The SMILES string of the molecule is CCOC(=O)[C@@H]1N[C@](C)(C(=O)OC)[C@@H]2C(=O)N(C)C(=O)[C@@H]21. The molecule has 0 aliphatic carbocycles. The van der Waals surface area contributed by atoms with Crippen LogP contribution in [0.3, 0.4) is 0 Å². The molecule has 2 amide bonds. The average Bonchev–Trinajstić information content (AvgIpc) is 2.89. The number of likely N-dealkylation sites (tertiary alicyclic amines) is 1. The molecule has 2 saturated heterocycles. The number of esters is 2. The van der Waals surface area contributed by atoms with Gasteiger partial charge < -0.3 is 9.47 Å². The quantitative estimate of drug-likeness (QED) is 0.509. The monoisotopic (exact) mass is 298 g/mol. The number of carbonyl (C=O) groups excluding carboxylic acids is 4. The summed E-state index contributed by atoms with van der Waals surface area (Å²) in [6.45, 7) is 3.24. The number of ether oxygens (including phenoxy) is 2. The molecule has 1 N–H and O–H groups in total. The summed E-state index contributed by atoms with van der Waals surface area (Å²) in [6.07, 6.45) is 0. The van der Waals surface area contributed by atoms with E-state index in [4.69, 9.17) is 9.47 Å². The van der Waals surface area contributed by atoms with Crippen LogP contribution < -0.4 is 5.32 Å². The van der Waals surface area contributed by atoms with Gasteiger partial charge in [0.15, 0.2) is 0 Å². The smallest absolute Gasteiger partial charge is 0.326 e. The van der Waals surface area contributed by atoms with Crippen molar-refractivity contribution in [2.24, 2.45) is 11.8 Å². The molecule has 2 fully saturated rings. The first-order valence-electron chi connectivity index (χ1n) is 6.63. The second-order valence-corrected chi connectivity index (χ2v) is 5.31. The molecular formula is C13H18N2O6. The third kappa shape index (κ3) is 2.01. The number of imide groups is 1. The maximum absolute atomic E-state index is 12.3. The molecule has 0 spiro atoms. The maximum atomic E-state index is 12.3. The van der Waals surface area contributed by atoms with Crippen LogP contribution in [-0.4, -0.2) is 61.0 Å². The lowest BCUT2D eigenvalue weighted by atomic mass is 9.81. The number of nitrogens with one attached hydrogen (secondary N) is 1. The number of hydrogen-bond acceptors (Lipinski definition) is 7. The molecule has 2 heterocycles. The predicted molar refractivity (Wildman–Crippen MR) is 68.7 cm³/mol. The highest BCUT2D eigenvalue weighted by Gasteiger charge is 2.67. The highest BCUT2D eigenvalue weighted by Crippen LogP contribution is 2.43. The minimum atomic E-state index is -1.44. The van der Waals surface area contributed by atoms with Crippen LogP contribution >= 0.6 is 0 Å². The van der Waals surface area contributed by atoms with Crippen molar-refractivity contribution in [3.8, 4) is 0 Å². The van der Waals surface area contributed by atoms with Crippen LogP contribution in [0.2, 0.25) is 0 Å². The molecule has 4 atom stereocenters. The van der Waals surface area contributed by atoms with E-state index < -0.39 is 47.2 Å². The van der Waals surface area contributed by atoms with Crippen LogP contribution in [-0.2, 0) is 28.7 Å². The Morgan fingerprint density at radius 2 is 1.95 bits per heavy atom. The predicted octanol–water partition coefficient (Wildman–Crippen LogP) is -1.32. The highest BCUT2D eigenvalue weighted by molar-refractivity contribution is 6.11. The van der Waals surface area contributed by atoms with E-state index in [1.807, 2.05) is 0 Å². The zero-order valence-electron chi connectivity index (χ0n) is 12.3. The Bertz CT molecular complexity index is 519. The number of nitrogens with zero attached hydrogens (tertiary/aromatic N) is 1. The van der Waals surface area contributed by atoms with Crippen molar-refractivity contribution in [2.75, 3.05) is 20.8 Å². The van der Waals surface area contributed by atoms with E-state index in [-0.39, 0.29) is 6.61 Å². The first-order valence-corrected chi connectivity index (χ1v) is 6.63. The molecule has 8 heteroatoms. The summed E-state index contributed by atoms with van der Waals surface area (Å²) >= 11 is 0. The summed E-state index contributed by atoms with van der Waals surface area (Å²) in [4.78, 5) is 49.5. The topological polar surface area (TPSA) is 102 Å². The molecule has 8 nitrogen and oxygen atoms in total. The average molecular weight is 298 g/mol. The van der Waals surface area contributed by atoms with Gasteiger partial charge in [-0.15, -0.1) is 0 Å². The van der Waals surface area contributed by atoms with Crippen molar-refractivity contribution >= 4 is 23.8 Å². The Kier molecular flexibility index (Phi) is 3.75. The normalized spacial score (nSPS) is 34.9. The van der Waals surface area contributed by atoms with Gasteiger partial charge in [0.05, 0.1) is 25.6 Å². The van der Waals surface area contributed by atoms with Crippen molar-refractivity contribution in [3.63, 3.8) is 0 Å². The lowest BCUT2D eigenvalue weighted by Gasteiger charge is -2.27. The minimum absolute atomic E-state index is 0.140. The molecule has 21 heavy (non-hydrogen) atoms. The van der Waals surface area contributed by atoms with E-state index in [9.17, 15) is 19.2 Å². The maximum Gasteiger partial charge on any atom is 0.326 e. The zero-order chi connectivity index (χ0) is 15.9. The Labute approximate surface area is 121 Å². The highest BCUT2D eigenvalue weighted by atomic mass is 16.5. The largest absolute Gasteiger partial charge is 0.468 e. The van der Waals surface area contributed by atoms with Gasteiger partial charge >= 0.3 is 11.9 Å². The minimum Gasteiger partial charge on any atom is -0.468 e. The van der Waals surface area contributed by atoms with Crippen molar-refractivity contribution < 1.29 is 28.7 Å². The van der Waals surface area contributed by atoms with Gasteiger partial charge in [0.1, 0.15) is 11.6 Å². The van der Waals surface area contributed by atoms with Gasteiger partial charge in [0, 0.05) is 7.05 Å². The third-order valence-electron chi connectivity index (χ3n) is 4.16. The van der Waals surface area contributed by atoms with E-state index in [2.05, 4.69) is 5.32 Å². The van der Waals surface area contributed by atoms with Gasteiger partial charge in [0.25, 0.3) is 0 Å². The summed E-state index contributed by atoms with van der Waals surface area (Å²) < 4.78 is 9.64. The van der Waals surface area contributed by atoms with E-state index >= 15 is 0 Å². The fourth-order valence-electron chi connectivity index (χ4n) is 3.12.